The van der Waals surface area contributed by atoms with E-state index in [2.05, 4.69) is 23.1 Å². The van der Waals surface area contributed by atoms with E-state index in [4.69, 9.17) is 5.26 Å². The van der Waals surface area contributed by atoms with Gasteiger partial charge in [0.2, 0.25) is 0 Å². The van der Waals surface area contributed by atoms with Crippen LogP contribution >= 0.6 is 0 Å². The number of nitrogens with zero attached hydrogens (tertiary/aromatic N) is 2. The number of hydrogen-bond donors (Lipinski definition) is 1. The third kappa shape index (κ3) is 4.16. The van der Waals surface area contributed by atoms with Crippen LogP contribution < -0.4 is 0 Å². The van der Waals surface area contributed by atoms with Gasteiger partial charge in [0.1, 0.15) is 0 Å². The summed E-state index contributed by atoms with van der Waals surface area (Å²) in [4.78, 5) is 2.21. The molecule has 0 saturated carbocycles. The van der Waals surface area contributed by atoms with Crippen LogP contribution in [0.5, 0.6) is 0 Å². The SMILES string of the molecule is CN(Cc1cccc(C#N)c1)C(CCO)c1ccccc1. The van der Waals surface area contributed by atoms with Crippen molar-refractivity contribution in [2.45, 2.75) is 19.0 Å². The fraction of sp³-hybridized carbons (Fsp3) is 0.278. The van der Waals surface area contributed by atoms with E-state index in [9.17, 15) is 5.11 Å². The summed E-state index contributed by atoms with van der Waals surface area (Å²) in [5.41, 5.74) is 2.99. The summed E-state index contributed by atoms with van der Waals surface area (Å²) in [6, 6.07) is 20.2. The Hall–Kier alpha value is -2.15. The van der Waals surface area contributed by atoms with Crippen molar-refractivity contribution in [3.05, 3.63) is 71.3 Å². The van der Waals surface area contributed by atoms with E-state index in [0.29, 0.717) is 12.0 Å². The van der Waals surface area contributed by atoms with Crippen molar-refractivity contribution in [2.75, 3.05) is 13.7 Å². The number of aliphatic hydroxyl groups is 1. The van der Waals surface area contributed by atoms with Gasteiger partial charge in [-0.2, -0.15) is 5.26 Å². The van der Waals surface area contributed by atoms with E-state index in [-0.39, 0.29) is 12.6 Å². The molecule has 0 amide bonds. The predicted molar refractivity (Wildman–Crippen MR) is 83.5 cm³/mol. The van der Waals surface area contributed by atoms with Gasteiger partial charge in [-0.3, -0.25) is 4.90 Å². The summed E-state index contributed by atoms with van der Waals surface area (Å²) >= 11 is 0. The first-order chi connectivity index (χ1) is 10.2. The van der Waals surface area contributed by atoms with E-state index in [1.165, 1.54) is 5.56 Å². The molecule has 0 spiro atoms. The average Bonchev–Trinajstić information content (AvgIpc) is 2.53. The van der Waals surface area contributed by atoms with E-state index in [1.807, 2.05) is 49.5 Å². The molecular weight excluding hydrogens is 260 g/mol. The molecule has 0 radical (unpaired) electrons. The summed E-state index contributed by atoms with van der Waals surface area (Å²) in [6.07, 6.45) is 0.693. The molecule has 0 aliphatic rings. The summed E-state index contributed by atoms with van der Waals surface area (Å²) in [5.74, 6) is 0. The highest BCUT2D eigenvalue weighted by Crippen LogP contribution is 2.24. The Morgan fingerprint density at radius 1 is 1.14 bits per heavy atom. The monoisotopic (exact) mass is 280 g/mol. The zero-order valence-electron chi connectivity index (χ0n) is 12.2. The third-order valence-electron chi connectivity index (χ3n) is 3.61. The first kappa shape index (κ1) is 15.2. The lowest BCUT2D eigenvalue weighted by atomic mass is 10.0. The Labute approximate surface area is 126 Å². The van der Waals surface area contributed by atoms with Gasteiger partial charge in [0, 0.05) is 19.2 Å². The summed E-state index contributed by atoms with van der Waals surface area (Å²) < 4.78 is 0. The lowest BCUT2D eigenvalue weighted by Crippen LogP contribution is -2.25. The van der Waals surface area contributed by atoms with Gasteiger partial charge in [-0.15, -0.1) is 0 Å². The first-order valence-corrected chi connectivity index (χ1v) is 7.09. The van der Waals surface area contributed by atoms with Gasteiger partial charge in [0.05, 0.1) is 11.6 Å². The normalized spacial score (nSPS) is 12.1. The van der Waals surface area contributed by atoms with Crippen molar-refractivity contribution in [3.8, 4) is 6.07 Å². The second-order valence-electron chi connectivity index (χ2n) is 5.17. The Kier molecular flexibility index (Phi) is 5.51. The molecule has 0 saturated heterocycles. The molecule has 0 aliphatic heterocycles. The van der Waals surface area contributed by atoms with E-state index < -0.39 is 0 Å². The van der Waals surface area contributed by atoms with Crippen LogP contribution in [-0.4, -0.2) is 23.7 Å². The third-order valence-corrected chi connectivity index (χ3v) is 3.61. The molecule has 3 heteroatoms. The lowest BCUT2D eigenvalue weighted by molar-refractivity contribution is 0.180. The molecule has 1 atom stereocenters. The molecule has 21 heavy (non-hydrogen) atoms. The first-order valence-electron chi connectivity index (χ1n) is 7.09. The van der Waals surface area contributed by atoms with Crippen LogP contribution in [0.3, 0.4) is 0 Å². The number of benzene rings is 2. The Morgan fingerprint density at radius 3 is 2.57 bits per heavy atom. The molecule has 0 heterocycles. The maximum Gasteiger partial charge on any atom is 0.0991 e. The molecule has 0 fully saturated rings. The van der Waals surface area contributed by atoms with Crippen molar-refractivity contribution in [2.24, 2.45) is 0 Å². The van der Waals surface area contributed by atoms with Gasteiger partial charge in [-0.05, 0) is 36.7 Å². The minimum Gasteiger partial charge on any atom is -0.396 e. The summed E-state index contributed by atoms with van der Waals surface area (Å²) in [5, 5.41) is 18.3. The maximum atomic E-state index is 9.33. The van der Waals surface area contributed by atoms with Crippen LogP contribution in [-0.2, 0) is 6.54 Å². The second kappa shape index (κ2) is 7.58. The van der Waals surface area contributed by atoms with Crippen molar-refractivity contribution < 1.29 is 5.11 Å². The van der Waals surface area contributed by atoms with Crippen LogP contribution in [0.1, 0.15) is 29.2 Å². The predicted octanol–water partition coefficient (Wildman–Crippen LogP) is 3.11. The minimum absolute atomic E-state index is 0.155. The Balaban J connectivity index is 2.15. The Bertz CT molecular complexity index is 604. The van der Waals surface area contributed by atoms with Gasteiger partial charge in [0.25, 0.3) is 0 Å². The number of aliphatic hydroxyl groups excluding tert-OH is 1. The zero-order chi connectivity index (χ0) is 15.1. The van der Waals surface area contributed by atoms with Gasteiger partial charge in [-0.25, -0.2) is 0 Å². The van der Waals surface area contributed by atoms with Crippen molar-refractivity contribution in [3.63, 3.8) is 0 Å². The van der Waals surface area contributed by atoms with E-state index in [1.54, 1.807) is 0 Å². The van der Waals surface area contributed by atoms with Crippen molar-refractivity contribution in [1.82, 2.24) is 4.90 Å². The molecule has 0 bridgehead atoms. The largest absolute Gasteiger partial charge is 0.396 e. The molecule has 0 aliphatic carbocycles. The second-order valence-corrected chi connectivity index (χ2v) is 5.17. The highest BCUT2D eigenvalue weighted by atomic mass is 16.3. The average molecular weight is 280 g/mol. The van der Waals surface area contributed by atoms with Gasteiger partial charge in [-0.1, -0.05) is 42.5 Å². The maximum absolute atomic E-state index is 9.33. The molecule has 108 valence electrons. The smallest absolute Gasteiger partial charge is 0.0991 e. The molecule has 2 aromatic carbocycles. The summed E-state index contributed by atoms with van der Waals surface area (Å²) in [6.45, 7) is 0.900. The van der Waals surface area contributed by atoms with Crippen LogP contribution in [0.4, 0.5) is 0 Å². The van der Waals surface area contributed by atoms with Gasteiger partial charge >= 0.3 is 0 Å². The van der Waals surface area contributed by atoms with E-state index >= 15 is 0 Å². The topological polar surface area (TPSA) is 47.3 Å². The molecule has 1 unspecified atom stereocenters. The van der Waals surface area contributed by atoms with Crippen LogP contribution in [0.15, 0.2) is 54.6 Å². The van der Waals surface area contributed by atoms with E-state index in [0.717, 1.165) is 12.1 Å². The van der Waals surface area contributed by atoms with Crippen LogP contribution in [0.25, 0.3) is 0 Å². The molecule has 2 aromatic rings. The summed E-state index contributed by atoms with van der Waals surface area (Å²) in [7, 11) is 2.05. The molecule has 1 N–H and O–H groups in total. The van der Waals surface area contributed by atoms with Gasteiger partial charge in [0.15, 0.2) is 0 Å². The standard InChI is InChI=1S/C18H20N2O/c1-20(14-16-7-5-6-15(12-16)13-19)18(10-11-21)17-8-3-2-4-9-17/h2-9,12,18,21H,10-11,14H2,1H3. The van der Waals surface area contributed by atoms with Gasteiger partial charge < -0.3 is 5.11 Å². The molecular formula is C18H20N2O. The number of hydrogen-bond acceptors (Lipinski definition) is 3. The minimum atomic E-state index is 0.155. The van der Waals surface area contributed by atoms with Crippen LogP contribution in [0, 0.1) is 11.3 Å². The Morgan fingerprint density at radius 2 is 1.90 bits per heavy atom. The zero-order valence-corrected chi connectivity index (χ0v) is 12.2. The fourth-order valence-electron chi connectivity index (χ4n) is 2.58. The molecule has 0 aromatic heterocycles. The molecule has 2 rings (SSSR count). The van der Waals surface area contributed by atoms with Crippen molar-refractivity contribution in [1.29, 1.82) is 5.26 Å². The lowest BCUT2D eigenvalue weighted by Gasteiger charge is -2.28. The number of nitriles is 1. The van der Waals surface area contributed by atoms with Crippen LogP contribution in [0.2, 0.25) is 0 Å². The molecule has 3 nitrogen and oxygen atoms in total. The quantitative estimate of drug-likeness (QED) is 0.884. The fourth-order valence-corrected chi connectivity index (χ4v) is 2.58. The van der Waals surface area contributed by atoms with Crippen molar-refractivity contribution >= 4 is 0 Å². The number of rotatable bonds is 6. The highest BCUT2D eigenvalue weighted by molar-refractivity contribution is 5.32. The highest BCUT2D eigenvalue weighted by Gasteiger charge is 2.16.